The van der Waals surface area contributed by atoms with Crippen LogP contribution < -0.4 is 5.73 Å². The zero-order chi connectivity index (χ0) is 13.0. The summed E-state index contributed by atoms with van der Waals surface area (Å²) >= 11 is 0. The lowest BCUT2D eigenvalue weighted by Crippen LogP contribution is -2.46. The lowest BCUT2D eigenvalue weighted by Gasteiger charge is -2.29. The smallest absolute Gasteiger partial charge is 0.405 e. The van der Waals surface area contributed by atoms with E-state index in [2.05, 4.69) is 0 Å². The molecule has 0 radical (unpaired) electrons. The van der Waals surface area contributed by atoms with Crippen LogP contribution in [-0.4, -0.2) is 30.7 Å². The number of carbonyl (C=O) groups is 2. The Morgan fingerprint density at radius 3 is 2.78 bits per heavy atom. The van der Waals surface area contributed by atoms with E-state index in [1.54, 1.807) is 0 Å². The van der Waals surface area contributed by atoms with Crippen molar-refractivity contribution in [1.82, 2.24) is 0 Å². The van der Waals surface area contributed by atoms with Gasteiger partial charge in [0.05, 0.1) is 6.61 Å². The highest BCUT2D eigenvalue weighted by Gasteiger charge is 2.35. The summed E-state index contributed by atoms with van der Waals surface area (Å²) in [5.74, 6) is -0.138. The van der Waals surface area contributed by atoms with Crippen LogP contribution in [0.15, 0.2) is 30.3 Å². The van der Waals surface area contributed by atoms with Crippen molar-refractivity contribution in [2.75, 3.05) is 6.61 Å². The predicted molar refractivity (Wildman–Crippen MR) is 64.0 cm³/mol. The van der Waals surface area contributed by atoms with Crippen LogP contribution in [0, 0.1) is 0 Å². The first kappa shape index (κ1) is 12.6. The molecular formula is C13H15NO4. The van der Waals surface area contributed by atoms with Gasteiger partial charge in [0.2, 0.25) is 0 Å². The maximum absolute atomic E-state index is 11.7. The average molecular weight is 249 g/mol. The van der Waals surface area contributed by atoms with Crippen LogP contribution in [0.1, 0.15) is 12.0 Å². The molecule has 1 fully saturated rings. The van der Waals surface area contributed by atoms with Gasteiger partial charge in [-0.05, 0) is 5.56 Å². The largest absolute Gasteiger partial charge is 0.436 e. The third-order valence-electron chi connectivity index (χ3n) is 2.86. The molecule has 1 aliphatic rings. The number of hydrogen-bond acceptors (Lipinski definition) is 4. The van der Waals surface area contributed by atoms with Crippen molar-refractivity contribution in [2.45, 2.75) is 25.0 Å². The van der Waals surface area contributed by atoms with Crippen molar-refractivity contribution in [3.63, 3.8) is 0 Å². The number of ether oxygens (including phenoxy) is 2. The lowest BCUT2D eigenvalue weighted by molar-refractivity contribution is -0.146. The van der Waals surface area contributed by atoms with Crippen molar-refractivity contribution < 1.29 is 19.1 Å². The summed E-state index contributed by atoms with van der Waals surface area (Å²) in [4.78, 5) is 22.5. The summed E-state index contributed by atoms with van der Waals surface area (Å²) in [5, 5.41) is 0. The standard InChI is InChI=1S/C13H15NO4/c14-13(16)18-12-10(15)6-7-17-11(12)8-9-4-2-1-3-5-9/h1-5,11-12H,6-8H2,(H2,14,16)/t11?,12-/m1/s1. The molecule has 1 saturated heterocycles. The Morgan fingerprint density at radius 1 is 1.39 bits per heavy atom. The lowest BCUT2D eigenvalue weighted by atomic mass is 9.97. The van der Waals surface area contributed by atoms with Gasteiger partial charge in [-0.2, -0.15) is 0 Å². The third-order valence-corrected chi connectivity index (χ3v) is 2.86. The average Bonchev–Trinajstić information content (AvgIpc) is 2.34. The fourth-order valence-electron chi connectivity index (χ4n) is 2.03. The van der Waals surface area contributed by atoms with Crippen LogP contribution in [0.5, 0.6) is 0 Å². The first-order valence-corrected chi connectivity index (χ1v) is 5.81. The van der Waals surface area contributed by atoms with E-state index in [-0.39, 0.29) is 12.2 Å². The molecule has 1 aromatic carbocycles. The summed E-state index contributed by atoms with van der Waals surface area (Å²) in [6.45, 7) is 0.356. The molecule has 1 unspecified atom stereocenters. The molecule has 5 heteroatoms. The Balaban J connectivity index is 2.08. The molecule has 2 atom stereocenters. The SMILES string of the molecule is NC(=O)O[C@@H]1C(=O)CCOC1Cc1ccccc1. The number of carbonyl (C=O) groups excluding carboxylic acids is 2. The summed E-state index contributed by atoms with van der Waals surface area (Å²) in [6, 6.07) is 9.59. The van der Waals surface area contributed by atoms with Crippen LogP contribution in [0.2, 0.25) is 0 Å². The van der Waals surface area contributed by atoms with Gasteiger partial charge in [-0.1, -0.05) is 30.3 Å². The van der Waals surface area contributed by atoms with Crippen molar-refractivity contribution in [1.29, 1.82) is 0 Å². The van der Waals surface area contributed by atoms with Crippen molar-refractivity contribution in [2.24, 2.45) is 5.73 Å². The Labute approximate surface area is 105 Å². The summed E-state index contributed by atoms with van der Waals surface area (Å²) in [5.41, 5.74) is 6.00. The number of primary amides is 1. The van der Waals surface area contributed by atoms with Gasteiger partial charge < -0.3 is 15.2 Å². The number of rotatable bonds is 3. The molecule has 0 aliphatic carbocycles. The number of ketones is 1. The minimum absolute atomic E-state index is 0.138. The molecule has 0 aromatic heterocycles. The topological polar surface area (TPSA) is 78.6 Å². The minimum atomic E-state index is -0.947. The number of amides is 1. The highest BCUT2D eigenvalue weighted by atomic mass is 16.6. The van der Waals surface area contributed by atoms with E-state index in [4.69, 9.17) is 15.2 Å². The second-order valence-corrected chi connectivity index (χ2v) is 4.17. The monoisotopic (exact) mass is 249 g/mol. The highest BCUT2D eigenvalue weighted by Crippen LogP contribution is 2.18. The first-order chi connectivity index (χ1) is 8.66. The van der Waals surface area contributed by atoms with E-state index in [1.807, 2.05) is 30.3 Å². The van der Waals surface area contributed by atoms with Crippen molar-refractivity contribution in [3.8, 4) is 0 Å². The molecule has 2 N–H and O–H groups in total. The fraction of sp³-hybridized carbons (Fsp3) is 0.385. The molecule has 0 spiro atoms. The van der Waals surface area contributed by atoms with Gasteiger partial charge in [-0.25, -0.2) is 4.79 Å². The van der Waals surface area contributed by atoms with Crippen molar-refractivity contribution in [3.05, 3.63) is 35.9 Å². The third kappa shape index (κ3) is 3.07. The van der Waals surface area contributed by atoms with Crippen LogP contribution in [0.3, 0.4) is 0 Å². The van der Waals surface area contributed by atoms with E-state index < -0.39 is 18.3 Å². The zero-order valence-corrected chi connectivity index (χ0v) is 9.87. The van der Waals surface area contributed by atoms with Crippen molar-refractivity contribution >= 4 is 11.9 Å². The van der Waals surface area contributed by atoms with Crippen LogP contribution in [0.25, 0.3) is 0 Å². The summed E-state index contributed by atoms with van der Waals surface area (Å²) in [7, 11) is 0. The second-order valence-electron chi connectivity index (χ2n) is 4.17. The van der Waals surface area contributed by atoms with Crippen LogP contribution >= 0.6 is 0 Å². The second kappa shape index (κ2) is 5.64. The molecule has 1 aliphatic heterocycles. The molecule has 96 valence electrons. The molecule has 0 bridgehead atoms. The van der Waals surface area contributed by atoms with Gasteiger partial charge in [0.15, 0.2) is 11.9 Å². The molecular weight excluding hydrogens is 234 g/mol. The molecule has 2 rings (SSSR count). The van der Waals surface area contributed by atoms with E-state index >= 15 is 0 Å². The maximum atomic E-state index is 11.7. The van der Waals surface area contributed by atoms with E-state index in [0.29, 0.717) is 13.0 Å². The van der Waals surface area contributed by atoms with E-state index in [9.17, 15) is 9.59 Å². The molecule has 18 heavy (non-hydrogen) atoms. The maximum Gasteiger partial charge on any atom is 0.405 e. The van der Waals surface area contributed by atoms with Gasteiger partial charge in [-0.15, -0.1) is 0 Å². The molecule has 1 amide bonds. The summed E-state index contributed by atoms with van der Waals surface area (Å²) in [6.07, 6.45) is -1.53. The molecule has 0 saturated carbocycles. The van der Waals surface area contributed by atoms with Crippen LogP contribution in [0.4, 0.5) is 4.79 Å². The Morgan fingerprint density at radius 2 is 2.11 bits per heavy atom. The van der Waals surface area contributed by atoms with E-state index in [1.165, 1.54) is 0 Å². The predicted octanol–water partition coefficient (Wildman–Crippen LogP) is 1.05. The van der Waals surface area contributed by atoms with Gasteiger partial charge >= 0.3 is 6.09 Å². The Kier molecular flexibility index (Phi) is 3.94. The fourth-order valence-corrected chi connectivity index (χ4v) is 2.03. The number of benzene rings is 1. The van der Waals surface area contributed by atoms with Gasteiger partial charge in [0, 0.05) is 12.8 Å². The number of nitrogens with two attached hydrogens (primary N) is 1. The minimum Gasteiger partial charge on any atom is -0.436 e. The van der Waals surface area contributed by atoms with Gasteiger partial charge in [0.1, 0.15) is 6.10 Å². The van der Waals surface area contributed by atoms with Gasteiger partial charge in [-0.3, -0.25) is 4.79 Å². The normalized spacial score (nSPS) is 23.7. The van der Waals surface area contributed by atoms with Crippen LogP contribution in [-0.2, 0) is 20.7 Å². The summed E-state index contributed by atoms with van der Waals surface area (Å²) < 4.78 is 10.4. The Bertz CT molecular complexity index is 432. The van der Waals surface area contributed by atoms with E-state index in [0.717, 1.165) is 5.56 Å². The first-order valence-electron chi connectivity index (χ1n) is 5.81. The molecule has 5 nitrogen and oxygen atoms in total. The zero-order valence-electron chi connectivity index (χ0n) is 9.87. The molecule has 1 heterocycles. The Hall–Kier alpha value is -1.88. The quantitative estimate of drug-likeness (QED) is 0.868. The highest BCUT2D eigenvalue weighted by molar-refractivity contribution is 5.86. The number of Topliss-reactive ketones (excluding diaryl/α,β-unsaturated/α-hetero) is 1. The number of hydrogen-bond donors (Lipinski definition) is 1. The van der Waals surface area contributed by atoms with Gasteiger partial charge in [0.25, 0.3) is 0 Å². The molecule has 1 aromatic rings.